The molecule has 0 saturated carbocycles. The van der Waals surface area contributed by atoms with Crippen molar-refractivity contribution in [2.75, 3.05) is 16.4 Å². The van der Waals surface area contributed by atoms with Gasteiger partial charge in [-0.1, -0.05) is 0 Å². The average Bonchev–Trinajstić information content (AvgIpc) is 2.77. The van der Waals surface area contributed by atoms with Crippen molar-refractivity contribution in [3.8, 4) is 0 Å². The second-order valence-corrected chi connectivity index (χ2v) is 3.91. The zero-order valence-corrected chi connectivity index (χ0v) is 10.2. The van der Waals surface area contributed by atoms with Crippen molar-refractivity contribution in [1.82, 2.24) is 10.2 Å². The lowest BCUT2D eigenvalue weighted by atomic mass is 10.2. The van der Waals surface area contributed by atoms with Crippen LogP contribution in [0.2, 0.25) is 0 Å². The normalized spacial score (nSPS) is 9.95. The molecule has 98 valence electrons. The summed E-state index contributed by atoms with van der Waals surface area (Å²) < 4.78 is 0. The number of hydrogen-bond donors (Lipinski definition) is 4. The molecular formula is C12H13N5O2. The van der Waals surface area contributed by atoms with Gasteiger partial charge in [-0.2, -0.15) is 5.10 Å². The molecule has 19 heavy (non-hydrogen) atoms. The van der Waals surface area contributed by atoms with E-state index in [1.54, 1.807) is 24.3 Å². The molecule has 2 rings (SSSR count). The number of benzene rings is 1. The number of rotatable bonds is 3. The van der Waals surface area contributed by atoms with Crippen LogP contribution in [0.5, 0.6) is 0 Å². The highest BCUT2D eigenvalue weighted by molar-refractivity contribution is 6.06. The number of carbonyl (C=O) groups excluding carboxylic acids is 2. The average molecular weight is 259 g/mol. The van der Waals surface area contributed by atoms with Gasteiger partial charge in [0, 0.05) is 18.3 Å². The summed E-state index contributed by atoms with van der Waals surface area (Å²) in [5.74, 6) is -0.524. The number of nitrogens with one attached hydrogen (secondary N) is 3. The monoisotopic (exact) mass is 259 g/mol. The minimum atomic E-state index is -0.373. The van der Waals surface area contributed by atoms with Crippen molar-refractivity contribution >= 4 is 28.9 Å². The molecule has 0 unspecified atom stereocenters. The maximum Gasteiger partial charge on any atom is 0.275 e. The fourth-order valence-electron chi connectivity index (χ4n) is 1.51. The number of amides is 2. The third-order valence-corrected chi connectivity index (χ3v) is 2.36. The second kappa shape index (κ2) is 5.21. The number of nitrogen functional groups attached to an aromatic ring is 1. The Morgan fingerprint density at radius 3 is 2.21 bits per heavy atom. The third kappa shape index (κ3) is 3.09. The highest BCUT2D eigenvalue weighted by Gasteiger charge is 2.11. The van der Waals surface area contributed by atoms with Gasteiger partial charge in [0.15, 0.2) is 0 Å². The van der Waals surface area contributed by atoms with Crippen molar-refractivity contribution in [2.24, 2.45) is 0 Å². The molecule has 0 aliphatic carbocycles. The van der Waals surface area contributed by atoms with E-state index in [0.717, 1.165) is 0 Å². The minimum absolute atomic E-state index is 0.151. The van der Waals surface area contributed by atoms with Gasteiger partial charge in [-0.05, 0) is 24.3 Å². The number of nitrogens with zero attached hydrogens (tertiary/aromatic N) is 1. The highest BCUT2D eigenvalue weighted by atomic mass is 16.2. The molecule has 0 aliphatic heterocycles. The van der Waals surface area contributed by atoms with E-state index in [2.05, 4.69) is 20.8 Å². The molecule has 0 spiro atoms. The number of anilines is 3. The number of H-pyrrole nitrogens is 1. The van der Waals surface area contributed by atoms with Crippen LogP contribution < -0.4 is 16.4 Å². The number of aromatic amines is 1. The second-order valence-electron chi connectivity index (χ2n) is 3.91. The lowest BCUT2D eigenvalue weighted by molar-refractivity contribution is -0.114. The predicted molar refractivity (Wildman–Crippen MR) is 71.7 cm³/mol. The maximum absolute atomic E-state index is 11.8. The Bertz CT molecular complexity index is 603. The van der Waals surface area contributed by atoms with E-state index in [1.165, 1.54) is 13.1 Å². The van der Waals surface area contributed by atoms with Gasteiger partial charge in [0.1, 0.15) is 5.69 Å². The quantitative estimate of drug-likeness (QED) is 0.663. The summed E-state index contributed by atoms with van der Waals surface area (Å²) in [4.78, 5) is 22.7. The largest absolute Gasteiger partial charge is 0.396 e. The maximum atomic E-state index is 11.8. The smallest absolute Gasteiger partial charge is 0.275 e. The molecule has 0 fully saturated rings. The Labute approximate surface area is 109 Å². The summed E-state index contributed by atoms with van der Waals surface area (Å²) in [6.07, 6.45) is 1.37. The minimum Gasteiger partial charge on any atom is -0.396 e. The molecular weight excluding hydrogens is 246 g/mol. The number of carbonyl (C=O) groups is 2. The van der Waals surface area contributed by atoms with Crippen LogP contribution in [0.1, 0.15) is 17.4 Å². The molecule has 1 aromatic heterocycles. The van der Waals surface area contributed by atoms with Crippen molar-refractivity contribution < 1.29 is 9.59 Å². The first kappa shape index (κ1) is 12.6. The zero-order chi connectivity index (χ0) is 13.8. The summed E-state index contributed by atoms with van der Waals surface area (Å²) in [7, 11) is 0. The van der Waals surface area contributed by atoms with Gasteiger partial charge >= 0.3 is 0 Å². The molecule has 7 nitrogen and oxygen atoms in total. The first-order chi connectivity index (χ1) is 9.06. The van der Waals surface area contributed by atoms with E-state index in [0.29, 0.717) is 11.4 Å². The molecule has 1 aromatic carbocycles. The van der Waals surface area contributed by atoms with E-state index in [1.807, 2.05) is 0 Å². The topological polar surface area (TPSA) is 113 Å². The Kier molecular flexibility index (Phi) is 3.46. The fourth-order valence-corrected chi connectivity index (χ4v) is 1.51. The first-order valence-corrected chi connectivity index (χ1v) is 5.54. The van der Waals surface area contributed by atoms with E-state index in [9.17, 15) is 9.59 Å². The molecule has 2 aromatic rings. The Hall–Kier alpha value is -2.83. The van der Waals surface area contributed by atoms with Gasteiger partial charge in [-0.15, -0.1) is 0 Å². The molecule has 0 atom stereocenters. The van der Waals surface area contributed by atoms with Gasteiger partial charge in [0.2, 0.25) is 5.91 Å². The van der Waals surface area contributed by atoms with Crippen LogP contribution in [0.25, 0.3) is 0 Å². The SMILES string of the molecule is CC(=O)Nc1ccc(NC(=O)c2[nH]ncc2N)cc1. The standard InChI is InChI=1S/C12H13N5O2/c1-7(18)15-8-2-4-9(5-3-8)16-12(19)11-10(13)6-14-17-11/h2-6H,13H2,1H3,(H,14,17)(H,15,18)(H,16,19). The number of nitrogens with two attached hydrogens (primary N) is 1. The van der Waals surface area contributed by atoms with Gasteiger partial charge in [0.25, 0.3) is 5.91 Å². The number of aromatic nitrogens is 2. The van der Waals surface area contributed by atoms with E-state index >= 15 is 0 Å². The lowest BCUT2D eigenvalue weighted by Crippen LogP contribution is -2.14. The zero-order valence-electron chi connectivity index (χ0n) is 10.2. The molecule has 0 radical (unpaired) electrons. The summed E-state index contributed by atoms with van der Waals surface area (Å²) in [6, 6.07) is 6.73. The molecule has 0 saturated heterocycles. The van der Waals surface area contributed by atoms with Crippen molar-refractivity contribution in [3.05, 3.63) is 36.2 Å². The first-order valence-electron chi connectivity index (χ1n) is 5.54. The molecule has 1 heterocycles. The predicted octanol–water partition coefficient (Wildman–Crippen LogP) is 1.20. The molecule has 7 heteroatoms. The Balaban J connectivity index is 2.06. The molecule has 0 aliphatic rings. The third-order valence-electron chi connectivity index (χ3n) is 2.36. The van der Waals surface area contributed by atoms with E-state index in [-0.39, 0.29) is 23.2 Å². The summed E-state index contributed by atoms with van der Waals surface area (Å²) in [6.45, 7) is 1.43. The van der Waals surface area contributed by atoms with Gasteiger partial charge < -0.3 is 16.4 Å². The van der Waals surface area contributed by atoms with Crippen LogP contribution >= 0.6 is 0 Å². The van der Waals surface area contributed by atoms with E-state index in [4.69, 9.17) is 5.73 Å². The van der Waals surface area contributed by atoms with Crippen molar-refractivity contribution in [2.45, 2.75) is 6.92 Å². The fraction of sp³-hybridized carbons (Fsp3) is 0.0833. The van der Waals surface area contributed by atoms with Crippen molar-refractivity contribution in [3.63, 3.8) is 0 Å². The van der Waals surface area contributed by atoms with Gasteiger partial charge in [-0.3, -0.25) is 14.7 Å². The summed E-state index contributed by atoms with van der Waals surface area (Å²) in [5.41, 5.74) is 7.32. The van der Waals surface area contributed by atoms with Gasteiger partial charge in [-0.25, -0.2) is 0 Å². The van der Waals surface area contributed by atoms with Crippen LogP contribution in [0.3, 0.4) is 0 Å². The lowest BCUT2D eigenvalue weighted by Gasteiger charge is -2.06. The van der Waals surface area contributed by atoms with E-state index < -0.39 is 0 Å². The molecule has 0 bridgehead atoms. The van der Waals surface area contributed by atoms with Crippen molar-refractivity contribution in [1.29, 1.82) is 0 Å². The highest BCUT2D eigenvalue weighted by Crippen LogP contribution is 2.15. The van der Waals surface area contributed by atoms with Crippen LogP contribution in [0, 0.1) is 0 Å². The Morgan fingerprint density at radius 1 is 1.16 bits per heavy atom. The molecule has 2 amide bonds. The van der Waals surface area contributed by atoms with Gasteiger partial charge in [0.05, 0.1) is 11.9 Å². The summed E-state index contributed by atoms with van der Waals surface area (Å²) in [5, 5.41) is 11.5. The summed E-state index contributed by atoms with van der Waals surface area (Å²) >= 11 is 0. The van der Waals surface area contributed by atoms with Crippen LogP contribution in [0.15, 0.2) is 30.5 Å². The Morgan fingerprint density at radius 2 is 1.74 bits per heavy atom. The van der Waals surface area contributed by atoms with Crippen LogP contribution in [-0.4, -0.2) is 22.0 Å². The van der Waals surface area contributed by atoms with Crippen LogP contribution in [-0.2, 0) is 4.79 Å². The van der Waals surface area contributed by atoms with Crippen LogP contribution in [0.4, 0.5) is 17.1 Å². The number of hydrogen-bond acceptors (Lipinski definition) is 4. The molecule has 5 N–H and O–H groups in total.